The first kappa shape index (κ1) is 21.8. The van der Waals surface area contributed by atoms with E-state index >= 15 is 0 Å². The number of piperazine rings is 1. The monoisotopic (exact) mass is 431 g/mol. The van der Waals surface area contributed by atoms with Gasteiger partial charge >= 0.3 is 0 Å². The van der Waals surface area contributed by atoms with Crippen molar-refractivity contribution in [1.82, 2.24) is 9.80 Å². The zero-order valence-corrected chi connectivity index (χ0v) is 18.8. The summed E-state index contributed by atoms with van der Waals surface area (Å²) >= 11 is 0. The van der Waals surface area contributed by atoms with E-state index in [0.717, 1.165) is 28.1 Å². The van der Waals surface area contributed by atoms with Gasteiger partial charge in [0.05, 0.1) is 0 Å². The Morgan fingerprint density at radius 2 is 1.53 bits per heavy atom. The SMILES string of the molecule is Cc1cc(C)cc(NC(=O)C(c2ccccc2)N2CCN(C(=O)c3ccc(C)o3)CC2)c1. The molecule has 1 fully saturated rings. The molecule has 3 aromatic rings. The van der Waals surface area contributed by atoms with Crippen molar-refractivity contribution >= 4 is 17.5 Å². The fourth-order valence-corrected chi connectivity index (χ4v) is 4.31. The molecule has 2 aromatic carbocycles. The third kappa shape index (κ3) is 4.92. The van der Waals surface area contributed by atoms with E-state index in [2.05, 4.69) is 16.3 Å². The zero-order valence-electron chi connectivity index (χ0n) is 18.8. The number of hydrogen-bond donors (Lipinski definition) is 1. The minimum Gasteiger partial charge on any atom is -0.456 e. The Bertz CT molecular complexity index is 1080. The average molecular weight is 432 g/mol. The summed E-state index contributed by atoms with van der Waals surface area (Å²) in [6.07, 6.45) is 0. The normalized spacial score (nSPS) is 15.4. The van der Waals surface area contributed by atoms with Crippen molar-refractivity contribution in [2.75, 3.05) is 31.5 Å². The van der Waals surface area contributed by atoms with Gasteiger partial charge in [0, 0.05) is 31.9 Å². The van der Waals surface area contributed by atoms with E-state index in [0.29, 0.717) is 31.9 Å². The van der Waals surface area contributed by atoms with Crippen molar-refractivity contribution in [3.05, 3.63) is 88.9 Å². The van der Waals surface area contributed by atoms with Crippen LogP contribution in [0.3, 0.4) is 0 Å². The first-order valence-corrected chi connectivity index (χ1v) is 10.9. The molecule has 32 heavy (non-hydrogen) atoms. The maximum atomic E-state index is 13.4. The van der Waals surface area contributed by atoms with E-state index in [1.54, 1.807) is 17.0 Å². The molecule has 1 unspecified atom stereocenters. The Morgan fingerprint density at radius 3 is 2.12 bits per heavy atom. The maximum Gasteiger partial charge on any atom is 0.289 e. The molecule has 166 valence electrons. The second-order valence-corrected chi connectivity index (χ2v) is 8.42. The molecule has 0 saturated carbocycles. The van der Waals surface area contributed by atoms with Gasteiger partial charge in [0.1, 0.15) is 11.8 Å². The third-order valence-corrected chi connectivity index (χ3v) is 5.77. The maximum absolute atomic E-state index is 13.4. The van der Waals surface area contributed by atoms with Crippen molar-refractivity contribution in [1.29, 1.82) is 0 Å². The van der Waals surface area contributed by atoms with Gasteiger partial charge in [-0.2, -0.15) is 0 Å². The van der Waals surface area contributed by atoms with Gasteiger partial charge in [-0.25, -0.2) is 0 Å². The number of carbonyl (C=O) groups is 2. The van der Waals surface area contributed by atoms with Gasteiger partial charge in [-0.15, -0.1) is 0 Å². The number of anilines is 1. The van der Waals surface area contributed by atoms with Gasteiger partial charge in [0.2, 0.25) is 5.91 Å². The highest BCUT2D eigenvalue weighted by molar-refractivity contribution is 5.96. The smallest absolute Gasteiger partial charge is 0.289 e. The van der Waals surface area contributed by atoms with E-state index in [-0.39, 0.29) is 11.8 Å². The Labute approximate surface area is 188 Å². The minimum atomic E-state index is -0.430. The molecule has 0 aliphatic carbocycles. The predicted molar refractivity (Wildman–Crippen MR) is 125 cm³/mol. The van der Waals surface area contributed by atoms with E-state index in [1.165, 1.54) is 0 Å². The lowest BCUT2D eigenvalue weighted by Crippen LogP contribution is -2.51. The molecule has 1 saturated heterocycles. The summed E-state index contributed by atoms with van der Waals surface area (Å²) in [4.78, 5) is 30.1. The first-order valence-electron chi connectivity index (χ1n) is 10.9. The minimum absolute atomic E-state index is 0.0670. The molecule has 1 aromatic heterocycles. The summed E-state index contributed by atoms with van der Waals surface area (Å²) in [6, 6.07) is 18.9. The number of furan rings is 1. The van der Waals surface area contributed by atoms with E-state index in [4.69, 9.17) is 4.42 Å². The van der Waals surface area contributed by atoms with Gasteiger partial charge in [0.25, 0.3) is 5.91 Å². The molecular formula is C26H29N3O3. The molecule has 1 N–H and O–H groups in total. The highest BCUT2D eigenvalue weighted by Gasteiger charge is 2.32. The van der Waals surface area contributed by atoms with Crippen LogP contribution in [0.4, 0.5) is 5.69 Å². The summed E-state index contributed by atoms with van der Waals surface area (Å²) in [5.41, 5.74) is 3.96. The molecular weight excluding hydrogens is 402 g/mol. The van der Waals surface area contributed by atoms with Gasteiger partial charge in [-0.3, -0.25) is 14.5 Å². The molecule has 2 heterocycles. The van der Waals surface area contributed by atoms with Crippen molar-refractivity contribution < 1.29 is 14.0 Å². The van der Waals surface area contributed by atoms with Crippen LogP contribution in [0.2, 0.25) is 0 Å². The highest BCUT2D eigenvalue weighted by Crippen LogP contribution is 2.25. The second kappa shape index (κ2) is 9.40. The van der Waals surface area contributed by atoms with Crippen molar-refractivity contribution in [3.63, 3.8) is 0 Å². The van der Waals surface area contributed by atoms with Crippen LogP contribution in [0.25, 0.3) is 0 Å². The van der Waals surface area contributed by atoms with Crippen LogP contribution in [-0.2, 0) is 4.79 Å². The number of rotatable bonds is 5. The lowest BCUT2D eigenvalue weighted by molar-refractivity contribution is -0.122. The quantitative estimate of drug-likeness (QED) is 0.653. The highest BCUT2D eigenvalue weighted by atomic mass is 16.3. The summed E-state index contributed by atoms with van der Waals surface area (Å²) in [5, 5.41) is 3.11. The molecule has 6 heteroatoms. The van der Waals surface area contributed by atoms with Crippen molar-refractivity contribution in [3.8, 4) is 0 Å². The molecule has 1 aliphatic heterocycles. The lowest BCUT2D eigenvalue weighted by Gasteiger charge is -2.38. The van der Waals surface area contributed by atoms with Crippen molar-refractivity contribution in [2.45, 2.75) is 26.8 Å². The van der Waals surface area contributed by atoms with Crippen LogP contribution in [0, 0.1) is 20.8 Å². The number of benzene rings is 2. The van der Waals surface area contributed by atoms with Gasteiger partial charge in [-0.1, -0.05) is 36.4 Å². The van der Waals surface area contributed by atoms with E-state index in [1.807, 2.05) is 63.2 Å². The zero-order chi connectivity index (χ0) is 22.7. The van der Waals surface area contributed by atoms with Gasteiger partial charge < -0.3 is 14.6 Å². The van der Waals surface area contributed by atoms with E-state index in [9.17, 15) is 9.59 Å². The van der Waals surface area contributed by atoms with Crippen LogP contribution in [0.5, 0.6) is 0 Å². The third-order valence-electron chi connectivity index (χ3n) is 5.77. The number of nitrogens with one attached hydrogen (secondary N) is 1. The molecule has 0 bridgehead atoms. The second-order valence-electron chi connectivity index (χ2n) is 8.42. The van der Waals surface area contributed by atoms with Crippen molar-refractivity contribution in [2.24, 2.45) is 0 Å². The number of aryl methyl sites for hydroxylation is 3. The fourth-order valence-electron chi connectivity index (χ4n) is 4.31. The van der Waals surface area contributed by atoms with Gasteiger partial charge in [-0.05, 0) is 61.7 Å². The van der Waals surface area contributed by atoms with Crippen LogP contribution in [0.15, 0.2) is 65.1 Å². The van der Waals surface area contributed by atoms with Gasteiger partial charge in [0.15, 0.2) is 5.76 Å². The largest absolute Gasteiger partial charge is 0.456 e. The molecule has 6 nitrogen and oxygen atoms in total. The molecule has 1 atom stereocenters. The number of nitrogens with zero attached hydrogens (tertiary/aromatic N) is 2. The molecule has 2 amide bonds. The predicted octanol–water partition coefficient (Wildman–Crippen LogP) is 4.34. The van der Waals surface area contributed by atoms with Crippen LogP contribution in [0.1, 0.15) is 39.0 Å². The summed E-state index contributed by atoms with van der Waals surface area (Å²) < 4.78 is 5.50. The van der Waals surface area contributed by atoms with Crippen LogP contribution in [-0.4, -0.2) is 47.8 Å². The Kier molecular flexibility index (Phi) is 6.42. The topological polar surface area (TPSA) is 65.8 Å². The first-order chi connectivity index (χ1) is 15.4. The number of amides is 2. The van der Waals surface area contributed by atoms with E-state index < -0.39 is 6.04 Å². The van der Waals surface area contributed by atoms with Crippen LogP contribution < -0.4 is 5.32 Å². The van der Waals surface area contributed by atoms with Crippen LogP contribution >= 0.6 is 0 Å². The fraction of sp³-hybridized carbons (Fsp3) is 0.308. The molecule has 0 radical (unpaired) electrons. The molecule has 0 spiro atoms. The Hall–Kier alpha value is -3.38. The number of hydrogen-bond acceptors (Lipinski definition) is 4. The summed E-state index contributed by atoms with van der Waals surface area (Å²) in [5.74, 6) is 0.915. The summed E-state index contributed by atoms with van der Waals surface area (Å²) in [6.45, 7) is 8.16. The lowest BCUT2D eigenvalue weighted by atomic mass is 10.0. The Balaban J connectivity index is 1.50. The summed E-state index contributed by atoms with van der Waals surface area (Å²) in [7, 11) is 0. The average Bonchev–Trinajstić information content (AvgIpc) is 3.20. The number of carbonyl (C=O) groups excluding carboxylic acids is 2. The Morgan fingerprint density at radius 1 is 0.875 bits per heavy atom. The molecule has 1 aliphatic rings. The standard InChI is InChI=1S/C26H29N3O3/c1-18-15-19(2)17-22(16-18)27-25(30)24(21-7-5-4-6-8-21)28-11-13-29(14-12-28)26(31)23-10-9-20(3)32-23/h4-10,15-17,24H,11-14H2,1-3H3,(H,27,30). The molecule has 4 rings (SSSR count).